The molecule has 0 spiro atoms. The van der Waals surface area contributed by atoms with E-state index in [-0.39, 0.29) is 69.5 Å². The fraction of sp³-hybridized carbons (Fsp3) is 0.711. The molecule has 6 atom stereocenters. The van der Waals surface area contributed by atoms with Gasteiger partial charge in [0.05, 0.1) is 35.2 Å². The average Bonchev–Trinajstić information content (AvgIpc) is 3.71. The van der Waals surface area contributed by atoms with Crippen LogP contribution in [0.2, 0.25) is 0 Å². The zero-order chi connectivity index (χ0) is 43.6. The normalized spacial score (nSPS) is 20.7. The van der Waals surface area contributed by atoms with Crippen LogP contribution in [-0.4, -0.2) is 108 Å². The summed E-state index contributed by atoms with van der Waals surface area (Å²) >= 11 is 0. The molecule has 59 heavy (non-hydrogen) atoms. The number of carbonyl (C=O) groups excluding carboxylic acids is 4. The van der Waals surface area contributed by atoms with Gasteiger partial charge in [0, 0.05) is 60.5 Å². The molecule has 340 valence electrons. The van der Waals surface area contributed by atoms with Crippen molar-refractivity contribution < 1.29 is 67.8 Å². The Morgan fingerprint density at radius 2 is 1.12 bits per heavy atom. The van der Waals surface area contributed by atoms with Crippen molar-refractivity contribution in [1.82, 2.24) is 0 Å². The Hall–Kier alpha value is -3.85. The first-order valence-corrected chi connectivity index (χ1v) is 19.7. The summed E-state index contributed by atoms with van der Waals surface area (Å²) in [6.07, 6.45) is 10.7. The number of unbranched alkanes of at least 4 members (excludes halogenated alkanes) is 3. The van der Waals surface area contributed by atoms with Crippen molar-refractivity contribution in [3.05, 3.63) is 35.9 Å². The van der Waals surface area contributed by atoms with Gasteiger partial charge in [0.1, 0.15) is 23.1 Å². The van der Waals surface area contributed by atoms with Gasteiger partial charge in [-0.05, 0) is 84.6 Å². The molecule has 2 fully saturated rings. The van der Waals surface area contributed by atoms with Crippen LogP contribution in [0.15, 0.2) is 30.3 Å². The monoisotopic (exact) mass is 841 g/mol. The quantitative estimate of drug-likeness (QED) is 0.0841. The fourth-order valence-corrected chi connectivity index (χ4v) is 7.08. The highest BCUT2D eigenvalue weighted by Gasteiger charge is 2.60. The number of aliphatic carboxylic acids is 3. The minimum atomic E-state index is -0.877. The average molecular weight is 841 g/mol. The number of aryl methyl sites for hydroxylation is 1. The molecule has 0 aromatic heterocycles. The van der Waals surface area contributed by atoms with Crippen LogP contribution >= 0.6 is 0 Å². The minimum Gasteiger partial charge on any atom is -0.481 e. The second-order valence-electron chi connectivity index (χ2n) is 15.1. The summed E-state index contributed by atoms with van der Waals surface area (Å²) in [6.45, 7) is 6.09. The molecule has 3 rings (SSSR count). The smallest absolute Gasteiger partial charge is 0.309 e. The number of benzene rings is 1. The lowest BCUT2D eigenvalue weighted by Gasteiger charge is -2.30. The first-order valence-electron chi connectivity index (χ1n) is 19.7. The lowest BCUT2D eigenvalue weighted by Crippen LogP contribution is -2.41. The van der Waals surface area contributed by atoms with Gasteiger partial charge in [-0.15, -0.1) is 0 Å². The molecule has 14 heteroatoms. The van der Waals surface area contributed by atoms with Gasteiger partial charge < -0.3 is 34.3 Å². The summed E-state index contributed by atoms with van der Waals surface area (Å²) in [5.41, 5.74) is -0.155. The maximum atomic E-state index is 11.1. The van der Waals surface area contributed by atoms with E-state index in [9.17, 15) is 33.6 Å². The molecule has 2 aliphatic rings. The maximum absolute atomic E-state index is 11.1. The third kappa shape index (κ3) is 25.4. The van der Waals surface area contributed by atoms with Crippen LogP contribution in [0.4, 0.5) is 0 Å². The molecule has 3 N–H and O–H groups in total. The van der Waals surface area contributed by atoms with Crippen molar-refractivity contribution in [2.45, 2.75) is 169 Å². The Labute approximate surface area is 353 Å². The molecule has 2 aliphatic carbocycles. The SMILES string of the molecule is C.C.COC(CCCCCCC(=O)O)CC(C)=O.COC(CCc1ccccc1)CC(C)=O.COC1(CC(C)=O)CC1C(=O)O.COC1(CC(C)=O)CCCC1C(=O)O. The number of carboxylic acids is 3. The van der Waals surface area contributed by atoms with Crippen molar-refractivity contribution >= 4 is 41.0 Å². The number of ketones is 4. The topological polar surface area (TPSA) is 217 Å². The molecule has 0 saturated heterocycles. The minimum absolute atomic E-state index is 0. The number of hydrogen-bond acceptors (Lipinski definition) is 11. The van der Waals surface area contributed by atoms with Crippen LogP contribution in [0.25, 0.3) is 0 Å². The molecular formula is C45H76O14. The Bertz CT molecular complexity index is 1400. The van der Waals surface area contributed by atoms with Crippen molar-refractivity contribution in [3.8, 4) is 0 Å². The summed E-state index contributed by atoms with van der Waals surface area (Å²) in [7, 11) is 6.23. The second kappa shape index (κ2) is 32.0. The first-order chi connectivity index (χ1) is 26.8. The fourth-order valence-electron chi connectivity index (χ4n) is 7.08. The van der Waals surface area contributed by atoms with E-state index in [0.717, 1.165) is 51.4 Å². The molecule has 2 saturated carbocycles. The van der Waals surface area contributed by atoms with Gasteiger partial charge in [-0.1, -0.05) is 64.4 Å². The Kier molecular flexibility index (Phi) is 32.2. The van der Waals surface area contributed by atoms with E-state index in [4.69, 9.17) is 34.3 Å². The summed E-state index contributed by atoms with van der Waals surface area (Å²) in [4.78, 5) is 75.4. The molecule has 0 bridgehead atoms. The van der Waals surface area contributed by atoms with Gasteiger partial charge in [-0.2, -0.15) is 0 Å². The van der Waals surface area contributed by atoms with Gasteiger partial charge in [-0.25, -0.2) is 0 Å². The lowest BCUT2D eigenvalue weighted by atomic mass is 9.86. The van der Waals surface area contributed by atoms with Crippen molar-refractivity contribution in [2.75, 3.05) is 28.4 Å². The molecule has 0 aliphatic heterocycles. The standard InChI is InChI=1S/C13H18O2.C12H22O4.C10H16O4.C8H12O4.2CH4/c1-11(14)10-13(15-2)9-8-12-6-4-3-5-7-12;1-10(13)9-11(16-2)7-5-3-4-6-8-12(14)15;1-7(11)6-10(14-2)5-3-4-8(10)9(12)13;1-5(9)3-8(12-2)4-6(8)7(10)11;;/h3-7,13H,8-10H2,1-2H3;11H,3-9H2,1-2H3,(H,14,15);8H,3-6H2,1-2H3,(H,12,13);6H,3-4H2,1-2H3,(H,10,11);2*1H4. The molecule has 6 unspecified atom stereocenters. The van der Waals surface area contributed by atoms with Gasteiger partial charge in [0.25, 0.3) is 0 Å². The highest BCUT2D eigenvalue weighted by Crippen LogP contribution is 2.49. The van der Waals surface area contributed by atoms with Crippen LogP contribution in [0.3, 0.4) is 0 Å². The third-order valence-electron chi connectivity index (χ3n) is 10.2. The highest BCUT2D eigenvalue weighted by molar-refractivity contribution is 5.82. The van der Waals surface area contributed by atoms with Crippen LogP contribution in [0, 0.1) is 11.8 Å². The number of ether oxygens (including phenoxy) is 4. The van der Waals surface area contributed by atoms with Crippen molar-refractivity contribution in [2.24, 2.45) is 11.8 Å². The molecule has 1 aromatic rings. The zero-order valence-corrected chi connectivity index (χ0v) is 35.3. The molecule has 0 radical (unpaired) electrons. The molecule has 0 amide bonds. The number of rotatable bonds is 24. The van der Waals surface area contributed by atoms with Crippen LogP contribution in [0.5, 0.6) is 0 Å². The van der Waals surface area contributed by atoms with Crippen LogP contribution in [-0.2, 0) is 58.9 Å². The van der Waals surface area contributed by atoms with Crippen molar-refractivity contribution in [1.29, 1.82) is 0 Å². The Morgan fingerprint density at radius 1 is 0.644 bits per heavy atom. The van der Waals surface area contributed by atoms with E-state index in [2.05, 4.69) is 12.1 Å². The number of Topliss-reactive ketones (excluding diaryl/α,β-unsaturated/α-hetero) is 4. The van der Waals surface area contributed by atoms with Gasteiger partial charge in [0.15, 0.2) is 0 Å². The van der Waals surface area contributed by atoms with E-state index in [1.807, 2.05) is 18.2 Å². The summed E-state index contributed by atoms with van der Waals surface area (Å²) in [5.74, 6) is -3.19. The van der Waals surface area contributed by atoms with Crippen LogP contribution < -0.4 is 0 Å². The van der Waals surface area contributed by atoms with E-state index in [0.29, 0.717) is 32.1 Å². The predicted molar refractivity (Wildman–Crippen MR) is 227 cm³/mol. The third-order valence-corrected chi connectivity index (χ3v) is 10.2. The number of hydrogen-bond donors (Lipinski definition) is 3. The van der Waals surface area contributed by atoms with Gasteiger partial charge in [0.2, 0.25) is 0 Å². The summed E-state index contributed by atoms with van der Waals surface area (Å²) in [5, 5.41) is 26.1. The summed E-state index contributed by atoms with van der Waals surface area (Å²) in [6, 6.07) is 10.3. The largest absolute Gasteiger partial charge is 0.481 e. The zero-order valence-electron chi connectivity index (χ0n) is 35.3. The van der Waals surface area contributed by atoms with E-state index >= 15 is 0 Å². The Morgan fingerprint density at radius 3 is 1.53 bits per heavy atom. The van der Waals surface area contributed by atoms with Crippen molar-refractivity contribution in [3.63, 3.8) is 0 Å². The summed E-state index contributed by atoms with van der Waals surface area (Å²) < 4.78 is 20.8. The Balaban J connectivity index is -0.000000703. The van der Waals surface area contributed by atoms with Gasteiger partial charge >= 0.3 is 17.9 Å². The second-order valence-corrected chi connectivity index (χ2v) is 15.1. The van der Waals surface area contributed by atoms with Crippen LogP contribution in [0.1, 0.15) is 144 Å². The highest BCUT2D eigenvalue weighted by atomic mass is 16.5. The molecule has 14 nitrogen and oxygen atoms in total. The molecule has 0 heterocycles. The van der Waals surface area contributed by atoms with E-state index in [1.54, 1.807) is 28.1 Å². The lowest BCUT2D eigenvalue weighted by molar-refractivity contribution is -0.154. The first kappa shape index (κ1) is 59.5. The molecular weight excluding hydrogens is 764 g/mol. The predicted octanol–water partition coefficient (Wildman–Crippen LogP) is 7.98. The number of carbonyl (C=O) groups is 7. The van der Waals surface area contributed by atoms with E-state index < -0.39 is 40.9 Å². The number of methoxy groups -OCH3 is 4. The molecule has 1 aromatic carbocycles. The maximum Gasteiger partial charge on any atom is 0.309 e. The van der Waals surface area contributed by atoms with Gasteiger partial charge in [-0.3, -0.25) is 33.6 Å². The number of carboxylic acid groups (broad SMARTS) is 3. The van der Waals surface area contributed by atoms with E-state index in [1.165, 1.54) is 33.6 Å².